The van der Waals surface area contributed by atoms with E-state index >= 15 is 0 Å². The molecule has 2 aromatic rings. The van der Waals surface area contributed by atoms with Gasteiger partial charge in [-0.15, -0.1) is 0 Å². The molecule has 136 valence electrons. The number of benzene rings is 2. The van der Waals surface area contributed by atoms with Crippen LogP contribution in [0.2, 0.25) is 0 Å². The second-order valence-electron chi connectivity index (χ2n) is 5.28. The van der Waals surface area contributed by atoms with E-state index in [4.69, 9.17) is 15.2 Å². The largest absolute Gasteiger partial charge is 0.462 e. The average Bonchev–Trinajstić information content (AvgIpc) is 2.62. The van der Waals surface area contributed by atoms with Crippen molar-refractivity contribution in [1.29, 1.82) is 0 Å². The van der Waals surface area contributed by atoms with E-state index < -0.39 is 17.8 Å². The maximum atomic E-state index is 12.4. The zero-order valence-electron chi connectivity index (χ0n) is 14.6. The number of nitrogens with two attached hydrogens (primary N) is 1. The van der Waals surface area contributed by atoms with Crippen molar-refractivity contribution >= 4 is 29.2 Å². The molecule has 0 aliphatic carbocycles. The highest BCUT2D eigenvalue weighted by molar-refractivity contribution is 6.08. The van der Waals surface area contributed by atoms with Gasteiger partial charge in [-0.2, -0.15) is 0 Å². The maximum Gasteiger partial charge on any atom is 0.340 e. The molecule has 0 fully saturated rings. The molecule has 0 saturated heterocycles. The van der Waals surface area contributed by atoms with Gasteiger partial charge in [0.05, 0.1) is 30.0 Å². The summed E-state index contributed by atoms with van der Waals surface area (Å²) in [6.45, 7) is 3.89. The Kier molecular flexibility index (Phi) is 6.32. The zero-order valence-corrected chi connectivity index (χ0v) is 14.6. The van der Waals surface area contributed by atoms with E-state index in [0.717, 1.165) is 0 Å². The van der Waals surface area contributed by atoms with Crippen LogP contribution in [0.5, 0.6) is 0 Å². The van der Waals surface area contributed by atoms with Crippen LogP contribution in [0.25, 0.3) is 0 Å². The Morgan fingerprint density at radius 2 is 1.46 bits per heavy atom. The van der Waals surface area contributed by atoms with Gasteiger partial charge in [-0.25, -0.2) is 9.59 Å². The van der Waals surface area contributed by atoms with Crippen LogP contribution in [0.4, 0.5) is 11.4 Å². The number of esters is 2. The number of anilines is 2. The molecule has 0 unspecified atom stereocenters. The number of nitrogens with one attached hydrogen (secondary N) is 1. The Balaban J connectivity index is 2.20. The van der Waals surface area contributed by atoms with Crippen molar-refractivity contribution in [2.24, 2.45) is 0 Å². The van der Waals surface area contributed by atoms with Crippen molar-refractivity contribution in [2.45, 2.75) is 13.8 Å². The first kappa shape index (κ1) is 19.0. The Labute approximate surface area is 151 Å². The number of amides is 1. The summed E-state index contributed by atoms with van der Waals surface area (Å²) in [7, 11) is 0. The summed E-state index contributed by atoms with van der Waals surface area (Å²) in [5.41, 5.74) is 7.26. The van der Waals surface area contributed by atoms with Crippen LogP contribution < -0.4 is 11.1 Å². The van der Waals surface area contributed by atoms with Crippen LogP contribution in [0, 0.1) is 0 Å². The number of hydrogen-bond donors (Lipinski definition) is 2. The summed E-state index contributed by atoms with van der Waals surface area (Å²) >= 11 is 0. The van der Waals surface area contributed by atoms with Crippen LogP contribution in [-0.4, -0.2) is 31.1 Å². The molecule has 7 nitrogen and oxygen atoms in total. The number of carbonyl (C=O) groups excluding carboxylic acids is 3. The maximum absolute atomic E-state index is 12.4. The van der Waals surface area contributed by atoms with Gasteiger partial charge >= 0.3 is 11.9 Å². The second-order valence-corrected chi connectivity index (χ2v) is 5.28. The van der Waals surface area contributed by atoms with E-state index in [2.05, 4.69) is 5.32 Å². The van der Waals surface area contributed by atoms with Gasteiger partial charge in [0.1, 0.15) is 0 Å². The van der Waals surface area contributed by atoms with Crippen LogP contribution in [0.3, 0.4) is 0 Å². The minimum atomic E-state index is -0.555. The monoisotopic (exact) mass is 356 g/mol. The van der Waals surface area contributed by atoms with Crippen molar-refractivity contribution in [2.75, 3.05) is 24.3 Å². The van der Waals surface area contributed by atoms with Crippen molar-refractivity contribution in [3.05, 3.63) is 59.2 Å². The van der Waals surface area contributed by atoms with Crippen LogP contribution in [0.1, 0.15) is 44.9 Å². The summed E-state index contributed by atoms with van der Waals surface area (Å²) in [5, 5.41) is 2.64. The summed E-state index contributed by atoms with van der Waals surface area (Å²) in [6.07, 6.45) is 0. The third-order valence-corrected chi connectivity index (χ3v) is 3.45. The first-order valence-corrected chi connectivity index (χ1v) is 8.11. The summed E-state index contributed by atoms with van der Waals surface area (Å²) in [6, 6.07) is 10.5. The predicted octanol–water partition coefficient (Wildman–Crippen LogP) is 2.87. The van der Waals surface area contributed by atoms with Gasteiger partial charge in [0.15, 0.2) is 0 Å². The molecule has 0 atom stereocenters. The van der Waals surface area contributed by atoms with Gasteiger partial charge in [-0.1, -0.05) is 0 Å². The average molecular weight is 356 g/mol. The molecule has 0 bridgehead atoms. The molecule has 0 radical (unpaired) electrons. The van der Waals surface area contributed by atoms with Crippen LogP contribution in [-0.2, 0) is 9.47 Å². The van der Waals surface area contributed by atoms with E-state index in [-0.39, 0.29) is 24.5 Å². The molecule has 2 aromatic carbocycles. The van der Waals surface area contributed by atoms with E-state index in [9.17, 15) is 14.4 Å². The molecule has 0 heterocycles. The molecule has 26 heavy (non-hydrogen) atoms. The predicted molar refractivity (Wildman–Crippen MR) is 97.2 cm³/mol. The molecule has 0 spiro atoms. The number of nitrogen functional groups attached to an aromatic ring is 1. The summed E-state index contributed by atoms with van der Waals surface area (Å²) < 4.78 is 9.88. The Morgan fingerprint density at radius 3 is 2.08 bits per heavy atom. The molecular weight excluding hydrogens is 336 g/mol. The summed E-state index contributed by atoms with van der Waals surface area (Å²) in [5.74, 6) is -1.46. The lowest BCUT2D eigenvalue weighted by Gasteiger charge is -2.11. The van der Waals surface area contributed by atoms with Gasteiger partial charge in [-0.05, 0) is 56.3 Å². The standard InChI is InChI=1S/C19H20N2O5/c1-3-25-18(23)13-7-5-12(6-8-13)17(22)21-16-11-14(20)9-10-15(16)19(24)26-4-2/h5-11H,3-4,20H2,1-2H3,(H,21,22). The van der Waals surface area contributed by atoms with E-state index in [1.54, 1.807) is 19.9 Å². The molecule has 0 aliphatic heterocycles. The minimum Gasteiger partial charge on any atom is -0.462 e. The fourth-order valence-corrected chi connectivity index (χ4v) is 2.22. The van der Waals surface area contributed by atoms with Crippen LogP contribution in [0.15, 0.2) is 42.5 Å². The second kappa shape index (κ2) is 8.66. The fourth-order valence-electron chi connectivity index (χ4n) is 2.22. The first-order valence-electron chi connectivity index (χ1n) is 8.11. The molecule has 3 N–H and O–H groups in total. The van der Waals surface area contributed by atoms with Gasteiger partial charge < -0.3 is 20.5 Å². The topological polar surface area (TPSA) is 108 Å². The van der Waals surface area contributed by atoms with E-state index in [1.807, 2.05) is 0 Å². The fraction of sp³-hybridized carbons (Fsp3) is 0.211. The van der Waals surface area contributed by atoms with E-state index in [1.165, 1.54) is 36.4 Å². The normalized spacial score (nSPS) is 10.1. The van der Waals surface area contributed by atoms with Crippen molar-refractivity contribution in [1.82, 2.24) is 0 Å². The smallest absolute Gasteiger partial charge is 0.340 e. The third kappa shape index (κ3) is 4.60. The molecule has 7 heteroatoms. The number of ether oxygens (including phenoxy) is 2. The third-order valence-electron chi connectivity index (χ3n) is 3.45. The lowest BCUT2D eigenvalue weighted by molar-refractivity contribution is 0.0517. The number of rotatable bonds is 6. The number of carbonyl (C=O) groups is 3. The Morgan fingerprint density at radius 1 is 0.885 bits per heavy atom. The first-order chi connectivity index (χ1) is 12.5. The quantitative estimate of drug-likeness (QED) is 0.609. The van der Waals surface area contributed by atoms with Gasteiger partial charge in [0.25, 0.3) is 5.91 Å². The van der Waals surface area contributed by atoms with Crippen molar-refractivity contribution in [3.63, 3.8) is 0 Å². The van der Waals surface area contributed by atoms with Crippen molar-refractivity contribution in [3.8, 4) is 0 Å². The minimum absolute atomic E-state index is 0.206. The highest BCUT2D eigenvalue weighted by Crippen LogP contribution is 2.21. The number of hydrogen-bond acceptors (Lipinski definition) is 6. The lowest BCUT2D eigenvalue weighted by atomic mass is 10.1. The SMILES string of the molecule is CCOC(=O)c1ccc(C(=O)Nc2cc(N)ccc2C(=O)OCC)cc1. The lowest BCUT2D eigenvalue weighted by Crippen LogP contribution is -2.16. The Hall–Kier alpha value is -3.35. The molecule has 1 amide bonds. The van der Waals surface area contributed by atoms with Crippen molar-refractivity contribution < 1.29 is 23.9 Å². The van der Waals surface area contributed by atoms with Crippen LogP contribution >= 0.6 is 0 Å². The molecule has 0 aromatic heterocycles. The van der Waals surface area contributed by atoms with Gasteiger partial charge in [0.2, 0.25) is 0 Å². The zero-order chi connectivity index (χ0) is 19.1. The molecular formula is C19H20N2O5. The molecule has 0 saturated carbocycles. The molecule has 0 aliphatic rings. The van der Waals surface area contributed by atoms with E-state index in [0.29, 0.717) is 16.8 Å². The Bertz CT molecular complexity index is 815. The highest BCUT2D eigenvalue weighted by Gasteiger charge is 2.16. The van der Waals surface area contributed by atoms with Gasteiger partial charge in [0, 0.05) is 11.3 Å². The van der Waals surface area contributed by atoms with Gasteiger partial charge in [-0.3, -0.25) is 4.79 Å². The highest BCUT2D eigenvalue weighted by atomic mass is 16.5. The molecule has 2 rings (SSSR count). The summed E-state index contributed by atoms with van der Waals surface area (Å²) in [4.78, 5) is 36.1.